The van der Waals surface area contributed by atoms with Crippen LogP contribution in [0.4, 0.5) is 0 Å². The van der Waals surface area contributed by atoms with Crippen LogP contribution >= 0.6 is 0 Å². The molecule has 2 aliphatic carbocycles. The predicted molar refractivity (Wildman–Crippen MR) is 167 cm³/mol. The van der Waals surface area contributed by atoms with E-state index in [0.717, 1.165) is 5.69 Å². The lowest BCUT2D eigenvalue weighted by molar-refractivity contribution is -0.675. The summed E-state index contributed by atoms with van der Waals surface area (Å²) in [5.74, 6) is 0. The molecule has 4 heteroatoms. The van der Waals surface area contributed by atoms with E-state index in [1.807, 2.05) is 17.8 Å². The van der Waals surface area contributed by atoms with Gasteiger partial charge in [0.25, 0.3) is 0 Å². The van der Waals surface area contributed by atoms with Gasteiger partial charge in [-0.3, -0.25) is 5.10 Å². The smallest absolute Gasteiger partial charge is 0.204 e. The second kappa shape index (κ2) is 8.76. The van der Waals surface area contributed by atoms with E-state index in [1.54, 1.807) is 0 Å². The number of aryl methyl sites for hydroxylation is 1. The average molecular weight is 553 g/mol. The van der Waals surface area contributed by atoms with Crippen LogP contribution in [0.5, 0.6) is 0 Å². The van der Waals surface area contributed by atoms with Crippen molar-refractivity contribution in [3.63, 3.8) is 0 Å². The number of aromatic amines is 1. The van der Waals surface area contributed by atoms with Gasteiger partial charge in [-0.05, 0) is 63.5 Å². The monoisotopic (exact) mass is 552 g/mol. The molecule has 2 aromatic heterocycles. The second-order valence-electron chi connectivity index (χ2n) is 11.6. The summed E-state index contributed by atoms with van der Waals surface area (Å²) in [6.07, 6.45) is 9.70. The fourth-order valence-corrected chi connectivity index (χ4v) is 7.95. The van der Waals surface area contributed by atoms with E-state index in [0.29, 0.717) is 0 Å². The first-order valence-electron chi connectivity index (χ1n) is 14.7. The van der Waals surface area contributed by atoms with Gasteiger partial charge in [-0.1, -0.05) is 115 Å². The molecule has 7 aromatic rings. The number of rotatable bonds is 4. The summed E-state index contributed by atoms with van der Waals surface area (Å²) >= 11 is 0. The van der Waals surface area contributed by atoms with Crippen molar-refractivity contribution in [3.05, 3.63) is 191 Å². The van der Waals surface area contributed by atoms with Crippen molar-refractivity contribution in [2.45, 2.75) is 11.0 Å². The third-order valence-electron chi connectivity index (χ3n) is 9.56. The van der Waals surface area contributed by atoms with Crippen LogP contribution in [0.3, 0.4) is 0 Å². The van der Waals surface area contributed by atoms with Crippen molar-refractivity contribution in [1.82, 2.24) is 14.8 Å². The highest BCUT2D eigenvalue weighted by Crippen LogP contribution is 2.57. The zero-order valence-electron chi connectivity index (χ0n) is 23.7. The molecule has 0 spiro atoms. The van der Waals surface area contributed by atoms with Crippen LogP contribution in [0.2, 0.25) is 0 Å². The maximum Gasteiger partial charge on any atom is 0.204 e. The minimum absolute atomic E-state index is 0.552. The summed E-state index contributed by atoms with van der Waals surface area (Å²) in [4.78, 5) is 0. The summed E-state index contributed by atoms with van der Waals surface area (Å²) in [6.45, 7) is 0. The Morgan fingerprint density at radius 3 is 1.70 bits per heavy atom. The quantitative estimate of drug-likeness (QED) is 0.185. The second-order valence-corrected chi connectivity index (χ2v) is 11.6. The number of fused-ring (bicyclic) bond motifs is 6. The van der Waals surface area contributed by atoms with Crippen molar-refractivity contribution in [2.75, 3.05) is 0 Å². The molecule has 0 unspecified atom stereocenters. The molecule has 9 rings (SSSR count). The highest BCUT2D eigenvalue weighted by atomic mass is 15.2. The normalized spacial score (nSPS) is 15.0. The van der Waals surface area contributed by atoms with Crippen molar-refractivity contribution >= 4 is 0 Å². The summed E-state index contributed by atoms with van der Waals surface area (Å²) in [5.41, 5.74) is 12.4. The molecule has 204 valence electrons. The van der Waals surface area contributed by atoms with Gasteiger partial charge in [-0.25, -0.2) is 0 Å². The highest BCUT2D eigenvalue weighted by molar-refractivity contribution is 5.87. The number of hydrogen-bond acceptors (Lipinski definition) is 1. The largest absolute Gasteiger partial charge is 0.354 e. The molecule has 0 saturated heterocycles. The average Bonchev–Trinajstić information content (AvgIpc) is 3.85. The number of hydrogen-bond donors (Lipinski definition) is 1. The molecule has 0 saturated carbocycles. The Morgan fingerprint density at radius 1 is 0.628 bits per heavy atom. The Kier molecular flexibility index (Phi) is 4.92. The van der Waals surface area contributed by atoms with Crippen LogP contribution in [0.1, 0.15) is 39.1 Å². The van der Waals surface area contributed by atoms with Gasteiger partial charge in [0.1, 0.15) is 0 Å². The molecule has 2 heterocycles. The first-order chi connectivity index (χ1) is 21.2. The molecule has 2 aliphatic rings. The summed E-state index contributed by atoms with van der Waals surface area (Å²) in [5, 5.41) is 7.87. The molecule has 0 amide bonds. The van der Waals surface area contributed by atoms with E-state index < -0.39 is 11.0 Å². The molecular weight excluding hydrogens is 524 g/mol. The fraction of sp³-hybridized carbons (Fsp3) is 0.0769. The molecule has 0 aliphatic heterocycles. The Balaban J connectivity index is 1.40. The Bertz CT molecular complexity index is 2080. The van der Waals surface area contributed by atoms with Gasteiger partial charge in [0.15, 0.2) is 5.54 Å². The molecular formula is C39H28N4. The molecule has 0 radical (unpaired) electrons. The maximum absolute atomic E-state index is 4.47. The van der Waals surface area contributed by atoms with Crippen LogP contribution in [0.25, 0.3) is 22.3 Å². The van der Waals surface area contributed by atoms with Gasteiger partial charge >= 0.3 is 0 Å². The summed E-state index contributed by atoms with van der Waals surface area (Å²) in [6, 6.07) is 46.6. The molecule has 4 nitrogen and oxygen atoms in total. The van der Waals surface area contributed by atoms with Gasteiger partial charge in [-0.15, -0.1) is 0 Å². The topological polar surface area (TPSA) is 37.5 Å². The van der Waals surface area contributed by atoms with E-state index in [2.05, 4.69) is 161 Å². The maximum atomic E-state index is 4.47. The lowest BCUT2D eigenvalue weighted by Gasteiger charge is -2.36. The number of aromatic nitrogens is 4. The van der Waals surface area contributed by atoms with E-state index in [4.69, 9.17) is 0 Å². The van der Waals surface area contributed by atoms with Gasteiger partial charge in [0.05, 0.1) is 18.2 Å². The van der Waals surface area contributed by atoms with Gasteiger partial charge in [0.2, 0.25) is 6.33 Å². The van der Waals surface area contributed by atoms with E-state index in [-0.39, 0.29) is 0 Å². The van der Waals surface area contributed by atoms with Crippen LogP contribution in [0, 0.1) is 6.33 Å². The van der Waals surface area contributed by atoms with E-state index >= 15 is 0 Å². The van der Waals surface area contributed by atoms with Crippen LogP contribution < -0.4 is 4.57 Å². The molecule has 1 N–H and O–H groups in total. The van der Waals surface area contributed by atoms with Crippen molar-refractivity contribution in [3.8, 4) is 22.3 Å². The molecule has 0 atom stereocenters. The third-order valence-corrected chi connectivity index (χ3v) is 9.56. The van der Waals surface area contributed by atoms with Crippen LogP contribution in [-0.2, 0) is 18.0 Å². The van der Waals surface area contributed by atoms with Crippen molar-refractivity contribution in [1.29, 1.82) is 0 Å². The summed E-state index contributed by atoms with van der Waals surface area (Å²) < 4.78 is 4.26. The Labute approximate surface area is 250 Å². The fourth-order valence-electron chi connectivity index (χ4n) is 7.95. The third kappa shape index (κ3) is 3.00. The first-order valence-corrected chi connectivity index (χ1v) is 14.7. The molecule has 0 bridgehead atoms. The van der Waals surface area contributed by atoms with Gasteiger partial charge in [0, 0.05) is 22.9 Å². The minimum atomic E-state index is -0.600. The zero-order valence-corrected chi connectivity index (χ0v) is 23.7. The first kappa shape index (κ1) is 24.2. The summed E-state index contributed by atoms with van der Waals surface area (Å²) in [7, 11) is 2.03. The molecule has 43 heavy (non-hydrogen) atoms. The lowest BCUT2D eigenvalue weighted by atomic mass is 9.68. The van der Waals surface area contributed by atoms with Crippen molar-refractivity contribution in [2.24, 2.45) is 7.05 Å². The Morgan fingerprint density at radius 2 is 1.16 bits per heavy atom. The lowest BCUT2D eigenvalue weighted by Crippen LogP contribution is -2.38. The number of benzene rings is 5. The van der Waals surface area contributed by atoms with Crippen LogP contribution in [-0.4, -0.2) is 14.8 Å². The van der Waals surface area contributed by atoms with Crippen molar-refractivity contribution < 1.29 is 4.57 Å². The standard InChI is InChI=1S/C39H28N4/c1-42-23-24-43(26-42)39(35-19-8-4-15-31(35)32-16-5-9-20-36(32)39)28-12-10-11-27(25-28)38(37-21-22-40-41-37)33-17-6-2-13-29(33)30-14-3-7-18-34(30)38/h2-25H,1H3,(H,40,41). The zero-order chi connectivity index (χ0) is 28.6. The number of imidazole rings is 1. The van der Waals surface area contributed by atoms with Gasteiger partial charge < -0.3 is 9.13 Å². The number of nitrogens with zero attached hydrogens (tertiary/aromatic N) is 3. The van der Waals surface area contributed by atoms with Gasteiger partial charge in [-0.2, -0.15) is 5.10 Å². The highest BCUT2D eigenvalue weighted by Gasteiger charge is 2.51. The predicted octanol–water partition coefficient (Wildman–Crippen LogP) is 7.02. The Hall–Kier alpha value is -5.48. The molecule has 0 fully saturated rings. The number of H-pyrrole nitrogens is 1. The number of nitrogens with one attached hydrogen (secondary N) is 1. The van der Waals surface area contributed by atoms with E-state index in [9.17, 15) is 0 Å². The van der Waals surface area contributed by atoms with Crippen LogP contribution in [0.15, 0.2) is 146 Å². The minimum Gasteiger partial charge on any atom is -0.354 e. The van der Waals surface area contributed by atoms with E-state index in [1.165, 1.54) is 55.6 Å². The molecule has 5 aromatic carbocycles. The SMILES string of the molecule is C[n+]1[c-]n(C2(c3cccc(C4(c5ccn[nH]5)c5ccccc5-c5ccccc54)c3)c3ccccc3-c3ccccc32)cc1.